The molecule has 15 nitrogen and oxygen atoms in total. The number of aliphatic hydroxyl groups excluding tert-OH is 1. The number of phenolic OH excluding ortho intramolecular Hbond substituents is 1. The third kappa shape index (κ3) is 10.9. The molecular formula is C47H49ClF3N5O10. The first-order valence-corrected chi connectivity index (χ1v) is 21.5. The number of methoxy groups -OCH3 is 1. The fourth-order valence-corrected chi connectivity index (χ4v) is 9.23. The van der Waals surface area contributed by atoms with Crippen LogP contribution in [0.3, 0.4) is 0 Å². The van der Waals surface area contributed by atoms with E-state index in [-0.39, 0.29) is 54.0 Å². The Morgan fingerprint density at radius 1 is 0.970 bits per heavy atom. The summed E-state index contributed by atoms with van der Waals surface area (Å²) in [6.07, 6.45) is -3.15. The Hall–Kier alpha value is -6.18. The number of pyridine rings is 1. The number of H-pyrrole nitrogens is 1. The number of likely N-dealkylation sites (N-methyl/N-ethyl adjacent to an activating group) is 1. The molecule has 6 atom stereocenters. The van der Waals surface area contributed by atoms with Crippen LogP contribution in [0.15, 0.2) is 89.7 Å². The number of piperidine rings is 1. The highest BCUT2D eigenvalue weighted by Gasteiger charge is 2.70. The van der Waals surface area contributed by atoms with Gasteiger partial charge in [-0.25, -0.2) is 4.79 Å². The highest BCUT2D eigenvalue weighted by molar-refractivity contribution is 6.33. The lowest BCUT2D eigenvalue weighted by Gasteiger charge is -2.45. The molecule has 2 amide bonds. The maximum Gasteiger partial charge on any atom is 0.430 e. The molecule has 66 heavy (non-hydrogen) atoms. The first kappa shape index (κ1) is 47.8. The van der Waals surface area contributed by atoms with Crippen LogP contribution in [-0.2, 0) is 32.0 Å². The van der Waals surface area contributed by atoms with Gasteiger partial charge in [0.05, 0.1) is 49.2 Å². The molecule has 3 aliphatic heterocycles. The smallest absolute Gasteiger partial charge is 0.430 e. The Morgan fingerprint density at radius 3 is 2.33 bits per heavy atom. The monoisotopic (exact) mass is 935 g/mol. The van der Waals surface area contributed by atoms with Gasteiger partial charge in [0.15, 0.2) is 0 Å². The van der Waals surface area contributed by atoms with Crippen molar-refractivity contribution in [2.45, 2.75) is 81.3 Å². The fraction of sp³-hybridized carbons (Fsp3) is 0.362. The number of anilines is 2. The van der Waals surface area contributed by atoms with Crippen LogP contribution in [0.1, 0.15) is 48.5 Å². The molecule has 350 valence electrons. The summed E-state index contributed by atoms with van der Waals surface area (Å²) >= 11 is 6.63. The molecule has 1 unspecified atom stereocenters. The number of aromatic hydroxyl groups is 1. The molecule has 5 aromatic rings. The van der Waals surface area contributed by atoms with Gasteiger partial charge in [-0.05, 0) is 59.9 Å². The van der Waals surface area contributed by atoms with Gasteiger partial charge >= 0.3 is 12.3 Å². The van der Waals surface area contributed by atoms with Crippen molar-refractivity contribution >= 4 is 51.8 Å². The largest absolute Gasteiger partial charge is 0.542 e. The summed E-state index contributed by atoms with van der Waals surface area (Å²) in [7, 11) is 6.03. The molecule has 3 aliphatic rings. The summed E-state index contributed by atoms with van der Waals surface area (Å²) in [5.74, 6) is -2.78. The number of aliphatic hydroxyl groups is 1. The van der Waals surface area contributed by atoms with Crippen molar-refractivity contribution in [3.8, 4) is 22.6 Å². The number of nitrogens with zero attached hydrogens (tertiary/aromatic N) is 1. The lowest BCUT2D eigenvalue weighted by Crippen LogP contribution is -2.60. The lowest BCUT2D eigenvalue weighted by atomic mass is 9.96. The van der Waals surface area contributed by atoms with Crippen LogP contribution < -0.4 is 31.4 Å². The van der Waals surface area contributed by atoms with E-state index < -0.39 is 24.3 Å². The van der Waals surface area contributed by atoms with Gasteiger partial charge in [0.25, 0.3) is 0 Å². The van der Waals surface area contributed by atoms with Gasteiger partial charge in [-0.15, -0.1) is 0 Å². The first-order valence-electron chi connectivity index (χ1n) is 21.2. The number of hydrogen-bond acceptors (Lipinski definition) is 11. The normalized spacial score (nSPS) is 20.6. The predicted octanol–water partition coefficient (Wildman–Crippen LogP) is 5.95. The quantitative estimate of drug-likeness (QED) is 0.0565. The second-order valence-electron chi connectivity index (χ2n) is 17.0. The van der Waals surface area contributed by atoms with Gasteiger partial charge in [0, 0.05) is 61.0 Å². The van der Waals surface area contributed by atoms with E-state index in [4.69, 9.17) is 35.7 Å². The Morgan fingerprint density at radius 2 is 1.67 bits per heavy atom. The van der Waals surface area contributed by atoms with Crippen LogP contribution in [0.2, 0.25) is 5.02 Å². The summed E-state index contributed by atoms with van der Waals surface area (Å²) in [6.45, 7) is 0.463. The van der Waals surface area contributed by atoms with Gasteiger partial charge in [0.1, 0.15) is 47.9 Å². The molecule has 4 heterocycles. The zero-order valence-corrected chi connectivity index (χ0v) is 36.9. The molecule has 0 spiro atoms. The average Bonchev–Trinajstić information content (AvgIpc) is 4.04. The van der Waals surface area contributed by atoms with Crippen LogP contribution >= 0.6 is 11.6 Å². The number of halogens is 4. The summed E-state index contributed by atoms with van der Waals surface area (Å²) in [5.41, 5.74) is 5.10. The fourth-order valence-electron chi connectivity index (χ4n) is 8.99. The number of epoxide rings is 1. The maximum atomic E-state index is 13.2. The molecule has 19 heteroatoms. The number of quaternary nitrogens is 1. The number of aromatic amines is 1. The number of hydrogen-bond donors (Lipinski definition) is 6. The van der Waals surface area contributed by atoms with E-state index in [0.29, 0.717) is 64.6 Å². The van der Waals surface area contributed by atoms with Crippen LogP contribution in [0.4, 0.5) is 29.3 Å². The number of carboxylic acid groups (broad SMARTS) is 1. The molecular weight excluding hydrogens is 887 g/mol. The number of nitrogens with one attached hydrogen (secondary N) is 4. The molecule has 0 aliphatic carbocycles. The van der Waals surface area contributed by atoms with Gasteiger partial charge in [-0.2, -0.15) is 13.2 Å². The van der Waals surface area contributed by atoms with E-state index in [1.54, 1.807) is 24.3 Å². The van der Waals surface area contributed by atoms with E-state index >= 15 is 0 Å². The van der Waals surface area contributed by atoms with Crippen molar-refractivity contribution in [3.05, 3.63) is 117 Å². The minimum atomic E-state index is -5.19. The predicted molar refractivity (Wildman–Crippen MR) is 237 cm³/mol. The minimum Gasteiger partial charge on any atom is -0.542 e. The summed E-state index contributed by atoms with van der Waals surface area (Å²) in [5, 5.41) is 39.9. The van der Waals surface area contributed by atoms with Crippen LogP contribution in [0.25, 0.3) is 22.0 Å². The standard InChI is InChI=1S/C45H48ClN5O8.C2HF3O2/c1-51(2)35-20-28(21-36(51)44-43(35)59-44)58-45(56)49-33-15-12-25(18-31(33)26-9-5-4-6-10-26)8-7-11-40(54)48-34-22-39(57-3)27(19-32(34)46)23-47-24-38(53)29-13-16-37(52)42-30(29)14-17-41(55)50-42;3-2(4,5)1(6)7/h4-6,9-10,12-19,22,28,35-36,38,43-44,47,53H,7-8,11,20-21,23-24H2,1-3H3,(H3-,48,49,50,52,54,55,56);(H,6,7)/t28?,35-,36+,38-,43-,44+;/m0./s1. The van der Waals surface area contributed by atoms with Crippen molar-refractivity contribution < 1.29 is 61.6 Å². The summed E-state index contributed by atoms with van der Waals surface area (Å²) in [6, 6.07) is 25.8. The van der Waals surface area contributed by atoms with Gasteiger partial charge in [-0.1, -0.05) is 54.1 Å². The number of amides is 2. The Balaban J connectivity index is 0.000000858. The maximum absolute atomic E-state index is 13.2. The number of aromatic nitrogens is 1. The SMILES string of the molecule is COc1cc(NC(=O)CCCc2ccc(NC(=O)OC3C[C@@H]4[C@H]5O[C@H]5[C@H](C3)[N+]4(C)C)c(-c3ccccc3)c2)c(Cl)cc1CNC[C@H](O)c1ccc(O)c2[nH]c(=O)ccc12.O=C([O-])C(F)(F)F. The summed E-state index contributed by atoms with van der Waals surface area (Å²) in [4.78, 5) is 49.5. The second kappa shape index (κ2) is 19.7. The number of carbonyl (C=O) groups excluding carboxylic acids is 3. The highest BCUT2D eigenvalue weighted by atomic mass is 35.5. The Labute approximate surface area is 382 Å². The number of aliphatic carboxylic acids is 1. The number of rotatable bonds is 14. The Kier molecular flexibility index (Phi) is 14.3. The average molecular weight is 936 g/mol. The van der Waals surface area contributed by atoms with E-state index in [9.17, 15) is 37.8 Å². The molecule has 2 bridgehead atoms. The number of carboxylic acids is 1. The number of aryl methyl sites for hydroxylation is 1. The zero-order valence-electron chi connectivity index (χ0n) is 36.1. The zero-order chi connectivity index (χ0) is 47.5. The van der Waals surface area contributed by atoms with Crippen molar-refractivity contribution in [3.63, 3.8) is 0 Å². The number of fused-ring (bicyclic) bond motifs is 6. The third-order valence-electron chi connectivity index (χ3n) is 12.4. The van der Waals surface area contributed by atoms with Gasteiger partial charge in [0.2, 0.25) is 11.5 Å². The topological polar surface area (TPSA) is 215 Å². The molecule has 3 fully saturated rings. The first-order chi connectivity index (χ1) is 31.3. The van der Waals surface area contributed by atoms with Crippen molar-refractivity contribution in [1.29, 1.82) is 0 Å². The molecule has 4 aromatic carbocycles. The number of alkyl halides is 3. The third-order valence-corrected chi connectivity index (χ3v) is 12.7. The van der Waals surface area contributed by atoms with E-state index in [1.165, 1.54) is 19.2 Å². The van der Waals surface area contributed by atoms with Crippen LogP contribution in [0, 0.1) is 0 Å². The number of benzene rings is 4. The van der Waals surface area contributed by atoms with Crippen molar-refractivity contribution in [1.82, 2.24) is 10.3 Å². The van der Waals surface area contributed by atoms with Gasteiger partial charge in [-0.3, -0.25) is 14.9 Å². The van der Waals surface area contributed by atoms with Crippen LogP contribution in [0.5, 0.6) is 11.5 Å². The number of carbonyl (C=O) groups is 3. The lowest BCUT2D eigenvalue weighted by molar-refractivity contribution is -0.938. The van der Waals surface area contributed by atoms with Gasteiger partial charge < -0.3 is 54.4 Å². The molecule has 0 saturated carbocycles. The number of morpholine rings is 1. The Bertz CT molecular complexity index is 2650. The van der Waals surface area contributed by atoms with Crippen molar-refractivity contribution in [2.24, 2.45) is 0 Å². The second-order valence-corrected chi connectivity index (χ2v) is 17.4. The van der Waals surface area contributed by atoms with Crippen LogP contribution in [-0.4, -0.2) is 102 Å². The molecule has 3 saturated heterocycles. The van der Waals surface area contributed by atoms with E-state index in [1.807, 2.05) is 42.5 Å². The number of phenols is 1. The highest BCUT2D eigenvalue weighted by Crippen LogP contribution is 2.51. The van der Waals surface area contributed by atoms with E-state index in [0.717, 1.165) is 39.6 Å². The minimum absolute atomic E-state index is 0.0812. The molecule has 8 rings (SSSR count). The molecule has 6 N–H and O–H groups in total. The van der Waals surface area contributed by atoms with Crippen molar-refractivity contribution in [2.75, 3.05) is 38.4 Å². The molecule has 0 radical (unpaired) electrons. The molecule has 1 aromatic heterocycles. The number of ether oxygens (including phenoxy) is 3. The van der Waals surface area contributed by atoms with E-state index in [2.05, 4.69) is 41.1 Å². The summed E-state index contributed by atoms with van der Waals surface area (Å²) < 4.78 is 50.0.